The van der Waals surface area contributed by atoms with Crippen molar-refractivity contribution in [3.63, 3.8) is 0 Å². The molecule has 0 spiro atoms. The molecule has 0 aromatic carbocycles. The van der Waals surface area contributed by atoms with E-state index in [1.54, 1.807) is 6.92 Å². The fraction of sp³-hybridized carbons (Fsp3) is 0.750. The summed E-state index contributed by atoms with van der Waals surface area (Å²) < 4.78 is 0. The van der Waals surface area contributed by atoms with Crippen molar-refractivity contribution < 1.29 is 5.11 Å². The van der Waals surface area contributed by atoms with E-state index in [9.17, 15) is 0 Å². The van der Waals surface area contributed by atoms with Gasteiger partial charge in [0.15, 0.2) is 0 Å². The number of hydrogen-bond donors (Lipinski definition) is 1. The molecule has 0 aliphatic rings. The molecule has 11 heavy (non-hydrogen) atoms. The second-order valence-corrected chi connectivity index (χ2v) is 3.43. The lowest BCUT2D eigenvalue weighted by atomic mass is 10.3. The summed E-state index contributed by atoms with van der Waals surface area (Å²) in [5, 5.41) is 9.59. The SMILES string of the molecule is C=C(Cl)CN(C)CCC(C)O. The van der Waals surface area contributed by atoms with Gasteiger partial charge in [0.05, 0.1) is 6.10 Å². The fourth-order valence-electron chi connectivity index (χ4n) is 0.779. The molecule has 0 aromatic heterocycles. The summed E-state index contributed by atoms with van der Waals surface area (Å²) in [4.78, 5) is 2.03. The van der Waals surface area contributed by atoms with E-state index in [-0.39, 0.29) is 6.10 Å². The standard InChI is InChI=1S/C8H16ClNO/c1-7(9)6-10(3)5-4-8(2)11/h8,11H,1,4-6H2,2-3H3. The predicted molar refractivity (Wildman–Crippen MR) is 48.8 cm³/mol. The van der Waals surface area contributed by atoms with Crippen molar-refractivity contribution in [2.45, 2.75) is 19.4 Å². The molecule has 0 aliphatic carbocycles. The highest BCUT2D eigenvalue weighted by Crippen LogP contribution is 2.00. The number of hydrogen-bond acceptors (Lipinski definition) is 2. The number of nitrogens with zero attached hydrogens (tertiary/aromatic N) is 1. The highest BCUT2D eigenvalue weighted by atomic mass is 35.5. The maximum Gasteiger partial charge on any atom is 0.0524 e. The molecule has 1 unspecified atom stereocenters. The van der Waals surface area contributed by atoms with Gasteiger partial charge in [-0.3, -0.25) is 0 Å². The van der Waals surface area contributed by atoms with Gasteiger partial charge >= 0.3 is 0 Å². The molecule has 0 aliphatic heterocycles. The second kappa shape index (κ2) is 5.58. The van der Waals surface area contributed by atoms with Crippen molar-refractivity contribution in [3.8, 4) is 0 Å². The minimum absolute atomic E-state index is 0.235. The van der Waals surface area contributed by atoms with Crippen LogP contribution in [0.2, 0.25) is 0 Å². The molecule has 0 heterocycles. The first-order valence-corrected chi connectivity index (χ1v) is 4.10. The normalized spacial score (nSPS) is 13.5. The summed E-state index contributed by atoms with van der Waals surface area (Å²) in [5.74, 6) is 0. The van der Waals surface area contributed by atoms with Gasteiger partial charge in [-0.05, 0) is 20.4 Å². The average Bonchev–Trinajstić information content (AvgIpc) is 1.82. The van der Waals surface area contributed by atoms with Crippen LogP contribution in [0.15, 0.2) is 11.6 Å². The van der Waals surface area contributed by atoms with E-state index in [2.05, 4.69) is 6.58 Å². The molecule has 0 saturated heterocycles. The molecule has 3 heteroatoms. The van der Waals surface area contributed by atoms with E-state index in [4.69, 9.17) is 16.7 Å². The lowest BCUT2D eigenvalue weighted by molar-refractivity contribution is 0.167. The molecule has 0 fully saturated rings. The zero-order chi connectivity index (χ0) is 8.85. The maximum atomic E-state index is 8.95. The molecular weight excluding hydrogens is 162 g/mol. The Labute approximate surface area is 73.5 Å². The van der Waals surface area contributed by atoms with Crippen LogP contribution in [0, 0.1) is 0 Å². The third-order valence-corrected chi connectivity index (χ3v) is 1.49. The number of likely N-dealkylation sites (N-methyl/N-ethyl adjacent to an activating group) is 1. The summed E-state index contributed by atoms with van der Waals surface area (Å²) in [6.07, 6.45) is 0.543. The van der Waals surface area contributed by atoms with Crippen molar-refractivity contribution in [2.75, 3.05) is 20.1 Å². The first-order chi connectivity index (χ1) is 5.02. The van der Waals surface area contributed by atoms with Gasteiger partial charge in [-0.1, -0.05) is 18.2 Å². The molecule has 0 radical (unpaired) electrons. The maximum absolute atomic E-state index is 8.95. The van der Waals surface area contributed by atoms with Gasteiger partial charge < -0.3 is 10.0 Å². The summed E-state index contributed by atoms with van der Waals surface area (Å²) in [5.41, 5.74) is 0. The monoisotopic (exact) mass is 177 g/mol. The topological polar surface area (TPSA) is 23.5 Å². The van der Waals surface area contributed by atoms with Crippen LogP contribution in [0.3, 0.4) is 0 Å². The van der Waals surface area contributed by atoms with Crippen LogP contribution in [-0.2, 0) is 0 Å². The highest BCUT2D eigenvalue weighted by Gasteiger charge is 2.01. The van der Waals surface area contributed by atoms with E-state index in [1.165, 1.54) is 0 Å². The molecule has 2 nitrogen and oxygen atoms in total. The van der Waals surface area contributed by atoms with Gasteiger partial charge in [-0.2, -0.15) is 0 Å². The molecule has 0 amide bonds. The van der Waals surface area contributed by atoms with Gasteiger partial charge in [-0.25, -0.2) is 0 Å². The van der Waals surface area contributed by atoms with Gasteiger partial charge in [0, 0.05) is 18.1 Å². The van der Waals surface area contributed by atoms with Crippen molar-refractivity contribution >= 4 is 11.6 Å². The fourth-order valence-corrected chi connectivity index (χ4v) is 0.983. The Hall–Kier alpha value is -0.0500. The van der Waals surface area contributed by atoms with E-state index >= 15 is 0 Å². The first kappa shape index (κ1) is 11.0. The summed E-state index contributed by atoms with van der Waals surface area (Å²) in [6.45, 7) is 6.90. The quantitative estimate of drug-likeness (QED) is 0.687. The Balaban J connectivity index is 3.37. The molecule has 1 atom stereocenters. The van der Waals surface area contributed by atoms with Crippen molar-refractivity contribution in [3.05, 3.63) is 11.6 Å². The van der Waals surface area contributed by atoms with Crippen LogP contribution in [0.5, 0.6) is 0 Å². The number of aliphatic hydroxyl groups is 1. The summed E-state index contributed by atoms with van der Waals surface area (Å²) >= 11 is 5.59. The number of halogens is 1. The second-order valence-electron chi connectivity index (χ2n) is 2.89. The Morgan fingerprint density at radius 1 is 1.73 bits per heavy atom. The average molecular weight is 178 g/mol. The van der Waals surface area contributed by atoms with Crippen molar-refractivity contribution in [1.29, 1.82) is 0 Å². The minimum atomic E-state index is -0.235. The van der Waals surface area contributed by atoms with Crippen molar-refractivity contribution in [2.24, 2.45) is 0 Å². The van der Waals surface area contributed by atoms with Crippen LogP contribution >= 0.6 is 11.6 Å². The lowest BCUT2D eigenvalue weighted by Crippen LogP contribution is -2.23. The van der Waals surface area contributed by atoms with Crippen LogP contribution in [0.4, 0.5) is 0 Å². The Kier molecular flexibility index (Phi) is 5.56. The molecular formula is C8H16ClNO. The van der Waals surface area contributed by atoms with Crippen molar-refractivity contribution in [1.82, 2.24) is 4.90 Å². The lowest BCUT2D eigenvalue weighted by Gasteiger charge is -2.16. The minimum Gasteiger partial charge on any atom is -0.393 e. The molecule has 0 bridgehead atoms. The number of rotatable bonds is 5. The third kappa shape index (κ3) is 7.85. The van der Waals surface area contributed by atoms with Crippen LogP contribution < -0.4 is 0 Å². The summed E-state index contributed by atoms with van der Waals surface area (Å²) in [7, 11) is 1.95. The molecule has 1 N–H and O–H groups in total. The predicted octanol–water partition coefficient (Wildman–Crippen LogP) is 1.44. The zero-order valence-corrected chi connectivity index (χ0v) is 7.93. The van der Waals surface area contributed by atoms with Crippen LogP contribution in [0.25, 0.3) is 0 Å². The molecule has 66 valence electrons. The van der Waals surface area contributed by atoms with E-state index in [0.717, 1.165) is 13.0 Å². The van der Waals surface area contributed by atoms with E-state index in [1.807, 2.05) is 11.9 Å². The van der Waals surface area contributed by atoms with Crippen LogP contribution in [0.1, 0.15) is 13.3 Å². The molecule has 0 aromatic rings. The smallest absolute Gasteiger partial charge is 0.0524 e. The Morgan fingerprint density at radius 2 is 2.27 bits per heavy atom. The molecule has 0 saturated carbocycles. The van der Waals surface area contributed by atoms with Gasteiger partial charge in [-0.15, -0.1) is 0 Å². The van der Waals surface area contributed by atoms with Gasteiger partial charge in [0.2, 0.25) is 0 Å². The third-order valence-electron chi connectivity index (χ3n) is 1.37. The molecule has 0 rings (SSSR count). The zero-order valence-electron chi connectivity index (χ0n) is 7.18. The van der Waals surface area contributed by atoms with E-state index < -0.39 is 0 Å². The number of aliphatic hydroxyl groups excluding tert-OH is 1. The first-order valence-electron chi connectivity index (χ1n) is 3.72. The largest absolute Gasteiger partial charge is 0.393 e. The Morgan fingerprint density at radius 3 is 2.64 bits per heavy atom. The van der Waals surface area contributed by atoms with E-state index in [0.29, 0.717) is 11.6 Å². The Bertz CT molecular complexity index is 125. The van der Waals surface area contributed by atoms with Crippen LogP contribution in [-0.4, -0.2) is 36.2 Å². The van der Waals surface area contributed by atoms with Gasteiger partial charge in [0.25, 0.3) is 0 Å². The van der Waals surface area contributed by atoms with Gasteiger partial charge in [0.1, 0.15) is 0 Å². The highest BCUT2D eigenvalue weighted by molar-refractivity contribution is 6.29. The summed E-state index contributed by atoms with van der Waals surface area (Å²) in [6, 6.07) is 0.